The molecule has 182 valence electrons. The molecule has 3 aliphatic rings. The number of nitrogens with zero attached hydrogens (tertiary/aromatic N) is 7. The van der Waals surface area contributed by atoms with Crippen molar-refractivity contribution in [2.75, 3.05) is 26.7 Å². The Hall–Kier alpha value is -3.90. The number of fused-ring (bicyclic) bond motifs is 4. The minimum Gasteiger partial charge on any atom is -0.467 e. The van der Waals surface area contributed by atoms with Gasteiger partial charge in [-0.25, -0.2) is 9.37 Å². The standard InChI is InChI=1S/C27H26FN7O/c1-16-24-26(33-27(31-16)36-2)35(25(32-24)20-10-21(28)13-30-12-20)14-17-3-4-22(19(9-17)11-29)23-15-34-7-5-18(23)6-8-34/h3-4,9-10,12-13,18,23H,5-8,14-15H2,1-2H3/t23-/m0/s1. The lowest BCUT2D eigenvalue weighted by Crippen LogP contribution is -2.46. The lowest BCUT2D eigenvalue weighted by molar-refractivity contribution is 0.0870. The summed E-state index contributed by atoms with van der Waals surface area (Å²) >= 11 is 0. The Balaban J connectivity index is 1.44. The van der Waals surface area contributed by atoms with Crippen molar-refractivity contribution in [1.82, 2.24) is 29.4 Å². The number of aromatic nitrogens is 5. The van der Waals surface area contributed by atoms with Crippen molar-refractivity contribution in [3.8, 4) is 23.5 Å². The number of piperidine rings is 3. The van der Waals surface area contributed by atoms with Gasteiger partial charge >= 0.3 is 6.01 Å². The van der Waals surface area contributed by atoms with Gasteiger partial charge in [0, 0.05) is 24.2 Å². The minimum atomic E-state index is -0.444. The Bertz CT molecular complexity index is 1500. The van der Waals surface area contributed by atoms with Crippen LogP contribution in [0.5, 0.6) is 6.01 Å². The van der Waals surface area contributed by atoms with Crippen LogP contribution in [0.3, 0.4) is 0 Å². The molecule has 8 nitrogen and oxygen atoms in total. The molecule has 3 aliphatic heterocycles. The maximum absolute atomic E-state index is 14.1. The first-order chi connectivity index (χ1) is 17.5. The minimum absolute atomic E-state index is 0.237. The van der Waals surface area contributed by atoms with Crippen molar-refractivity contribution in [3.05, 3.63) is 64.9 Å². The predicted molar refractivity (Wildman–Crippen MR) is 132 cm³/mol. The molecule has 7 rings (SSSR count). The van der Waals surface area contributed by atoms with E-state index in [1.807, 2.05) is 17.6 Å². The fraction of sp³-hybridized carbons (Fsp3) is 0.370. The summed E-state index contributed by atoms with van der Waals surface area (Å²) in [5.41, 5.74) is 5.19. The van der Waals surface area contributed by atoms with Crippen LogP contribution in [-0.4, -0.2) is 56.1 Å². The zero-order valence-electron chi connectivity index (χ0n) is 20.3. The van der Waals surface area contributed by atoms with Gasteiger partial charge in [-0.05, 0) is 62.0 Å². The summed E-state index contributed by atoms with van der Waals surface area (Å²) in [7, 11) is 1.52. The summed E-state index contributed by atoms with van der Waals surface area (Å²) in [6.45, 7) is 5.59. The van der Waals surface area contributed by atoms with E-state index in [9.17, 15) is 9.65 Å². The summed E-state index contributed by atoms with van der Waals surface area (Å²) < 4.78 is 21.3. The monoisotopic (exact) mass is 483 g/mol. The molecule has 0 aliphatic carbocycles. The molecular weight excluding hydrogens is 457 g/mol. The van der Waals surface area contributed by atoms with Crippen molar-refractivity contribution in [2.45, 2.75) is 32.2 Å². The van der Waals surface area contributed by atoms with E-state index in [0.29, 0.717) is 52.2 Å². The van der Waals surface area contributed by atoms with E-state index < -0.39 is 5.82 Å². The van der Waals surface area contributed by atoms with Crippen LogP contribution in [-0.2, 0) is 6.54 Å². The molecule has 1 atom stereocenters. The molecule has 1 aromatic carbocycles. The molecule has 0 unspecified atom stereocenters. The Morgan fingerprint density at radius 3 is 2.67 bits per heavy atom. The molecule has 0 spiro atoms. The highest BCUT2D eigenvalue weighted by Gasteiger charge is 2.36. The Morgan fingerprint density at radius 1 is 1.14 bits per heavy atom. The molecule has 2 bridgehead atoms. The fourth-order valence-electron chi connectivity index (χ4n) is 5.73. The smallest absolute Gasteiger partial charge is 0.318 e. The molecule has 3 aromatic heterocycles. The Labute approximate surface area is 208 Å². The first-order valence-corrected chi connectivity index (χ1v) is 12.2. The first kappa shape index (κ1) is 22.6. The molecule has 0 N–H and O–H groups in total. The summed E-state index contributed by atoms with van der Waals surface area (Å²) in [6.07, 6.45) is 5.14. The van der Waals surface area contributed by atoms with Crippen LogP contribution >= 0.6 is 0 Å². The number of halogens is 1. The molecule has 0 saturated carbocycles. The third kappa shape index (κ3) is 3.88. The van der Waals surface area contributed by atoms with Gasteiger partial charge in [-0.2, -0.15) is 15.2 Å². The van der Waals surface area contributed by atoms with Gasteiger partial charge in [0.15, 0.2) is 5.65 Å². The third-order valence-electron chi connectivity index (χ3n) is 7.53. The van der Waals surface area contributed by atoms with Crippen molar-refractivity contribution >= 4 is 11.2 Å². The zero-order chi connectivity index (χ0) is 24.8. The van der Waals surface area contributed by atoms with E-state index in [0.717, 1.165) is 37.0 Å². The topological polar surface area (TPSA) is 92.8 Å². The second-order valence-electron chi connectivity index (χ2n) is 9.66. The van der Waals surface area contributed by atoms with E-state index >= 15 is 0 Å². The molecule has 36 heavy (non-hydrogen) atoms. The van der Waals surface area contributed by atoms with Gasteiger partial charge in [0.05, 0.1) is 37.2 Å². The first-order valence-electron chi connectivity index (χ1n) is 12.2. The number of rotatable bonds is 5. The molecule has 6 heterocycles. The maximum Gasteiger partial charge on any atom is 0.318 e. The van der Waals surface area contributed by atoms with Crippen molar-refractivity contribution in [2.24, 2.45) is 5.92 Å². The average molecular weight is 484 g/mol. The number of hydrogen-bond donors (Lipinski definition) is 0. The molecule has 3 fully saturated rings. The van der Waals surface area contributed by atoms with Crippen molar-refractivity contribution in [1.29, 1.82) is 5.26 Å². The number of pyridine rings is 1. The van der Waals surface area contributed by atoms with Crippen LogP contribution < -0.4 is 4.74 Å². The molecule has 9 heteroatoms. The van der Waals surface area contributed by atoms with Crippen LogP contribution in [0.25, 0.3) is 22.6 Å². The molecule has 3 saturated heterocycles. The normalized spacial score (nSPS) is 21.0. The van der Waals surface area contributed by atoms with Gasteiger partial charge in [-0.15, -0.1) is 0 Å². The Kier molecular flexibility index (Phi) is 5.61. The molecule has 0 radical (unpaired) electrons. The second-order valence-corrected chi connectivity index (χ2v) is 9.66. The molecule has 0 amide bonds. The quantitative estimate of drug-likeness (QED) is 0.422. The van der Waals surface area contributed by atoms with Crippen LogP contribution in [0.4, 0.5) is 4.39 Å². The SMILES string of the molecule is COc1nc(C)c2nc(-c3cncc(F)c3)n(Cc3ccc([C@H]4CN5CCC4CC5)c(C#N)c3)c2n1. The Morgan fingerprint density at radius 2 is 1.97 bits per heavy atom. The highest BCUT2D eigenvalue weighted by molar-refractivity contribution is 5.79. The van der Waals surface area contributed by atoms with Crippen LogP contribution in [0.15, 0.2) is 36.7 Å². The predicted octanol–water partition coefficient (Wildman–Crippen LogP) is 4.07. The van der Waals surface area contributed by atoms with E-state index in [-0.39, 0.29) is 6.01 Å². The van der Waals surface area contributed by atoms with E-state index in [2.05, 4.69) is 38.1 Å². The van der Waals surface area contributed by atoms with Gasteiger partial charge < -0.3 is 14.2 Å². The van der Waals surface area contributed by atoms with Gasteiger partial charge in [-0.1, -0.05) is 12.1 Å². The van der Waals surface area contributed by atoms with E-state index in [1.54, 1.807) is 6.20 Å². The van der Waals surface area contributed by atoms with Crippen LogP contribution in [0.1, 0.15) is 41.1 Å². The number of nitriles is 1. The highest BCUT2D eigenvalue weighted by atomic mass is 19.1. The van der Waals surface area contributed by atoms with Crippen LogP contribution in [0, 0.1) is 30.0 Å². The number of methoxy groups -OCH3 is 1. The van der Waals surface area contributed by atoms with Gasteiger partial charge in [0.1, 0.15) is 17.2 Å². The largest absolute Gasteiger partial charge is 0.467 e. The average Bonchev–Trinajstić information content (AvgIpc) is 3.27. The number of benzene rings is 1. The maximum atomic E-state index is 14.1. The summed E-state index contributed by atoms with van der Waals surface area (Å²) in [4.78, 5) is 20.2. The second kappa shape index (κ2) is 8.95. The number of hydrogen-bond acceptors (Lipinski definition) is 7. The van der Waals surface area contributed by atoms with Crippen LogP contribution in [0.2, 0.25) is 0 Å². The van der Waals surface area contributed by atoms with E-state index in [1.165, 1.54) is 26.0 Å². The summed E-state index contributed by atoms with van der Waals surface area (Å²) in [5, 5.41) is 10.0. The van der Waals surface area contributed by atoms with Gasteiger partial charge in [-0.3, -0.25) is 4.98 Å². The zero-order valence-corrected chi connectivity index (χ0v) is 20.3. The van der Waals surface area contributed by atoms with Crippen molar-refractivity contribution < 1.29 is 9.13 Å². The van der Waals surface area contributed by atoms with Gasteiger partial charge in [0.2, 0.25) is 0 Å². The van der Waals surface area contributed by atoms with E-state index in [4.69, 9.17) is 9.72 Å². The molecule has 4 aromatic rings. The number of aryl methyl sites for hydroxylation is 1. The molecular formula is C27H26FN7O. The lowest BCUT2D eigenvalue weighted by Gasteiger charge is -2.45. The van der Waals surface area contributed by atoms with Gasteiger partial charge in [0.25, 0.3) is 0 Å². The third-order valence-corrected chi connectivity index (χ3v) is 7.53. The fourth-order valence-corrected chi connectivity index (χ4v) is 5.73. The van der Waals surface area contributed by atoms with Crippen molar-refractivity contribution in [3.63, 3.8) is 0 Å². The number of ether oxygens (including phenoxy) is 1. The summed E-state index contributed by atoms with van der Waals surface area (Å²) in [5.74, 6) is 1.13. The summed E-state index contributed by atoms with van der Waals surface area (Å²) in [6, 6.07) is 10.2. The number of imidazole rings is 1. The lowest BCUT2D eigenvalue weighted by atomic mass is 9.74. The highest BCUT2D eigenvalue weighted by Crippen LogP contribution is 2.40.